The van der Waals surface area contributed by atoms with Gasteiger partial charge in [-0.3, -0.25) is 9.69 Å². The third-order valence-corrected chi connectivity index (χ3v) is 3.42. The van der Waals surface area contributed by atoms with Gasteiger partial charge in [0.15, 0.2) is 5.78 Å². The maximum Gasteiger partial charge on any atom is 0.176 e. The highest BCUT2D eigenvalue weighted by molar-refractivity contribution is 5.98. The summed E-state index contributed by atoms with van der Waals surface area (Å²) in [6, 6.07) is 5.58. The molecule has 0 radical (unpaired) electrons. The highest BCUT2D eigenvalue weighted by atomic mass is 16.1. The molecule has 1 aliphatic heterocycles. The van der Waals surface area contributed by atoms with Gasteiger partial charge < -0.3 is 5.73 Å². The Kier molecular flexibility index (Phi) is 3.79. The molecular weight excluding hydrogens is 212 g/mol. The van der Waals surface area contributed by atoms with Crippen molar-refractivity contribution in [3.8, 4) is 0 Å². The molecule has 92 valence electrons. The number of piperidine rings is 1. The molecule has 2 rings (SSSR count). The number of benzene rings is 1. The number of nitrogen functional groups attached to an aromatic ring is 1. The number of hydrogen-bond acceptors (Lipinski definition) is 3. The smallest absolute Gasteiger partial charge is 0.176 e. The van der Waals surface area contributed by atoms with E-state index in [-0.39, 0.29) is 5.78 Å². The molecule has 3 nitrogen and oxygen atoms in total. The molecular formula is C14H20N2O. The standard InChI is InChI=1S/C14H20N2O/c1-11-5-6-12(9-13(11)15)14(17)10-16-7-3-2-4-8-16/h5-6,9H,2-4,7-8,10,15H2,1H3. The fourth-order valence-corrected chi connectivity index (χ4v) is 2.23. The Hall–Kier alpha value is -1.35. The van der Waals surface area contributed by atoms with Gasteiger partial charge in [-0.2, -0.15) is 0 Å². The summed E-state index contributed by atoms with van der Waals surface area (Å²) in [6.07, 6.45) is 3.72. The Morgan fingerprint density at radius 3 is 2.65 bits per heavy atom. The van der Waals surface area contributed by atoms with E-state index in [0.29, 0.717) is 12.2 Å². The number of hydrogen-bond donors (Lipinski definition) is 1. The van der Waals surface area contributed by atoms with Crippen molar-refractivity contribution in [1.82, 2.24) is 4.90 Å². The molecule has 1 fully saturated rings. The van der Waals surface area contributed by atoms with Crippen molar-refractivity contribution in [2.75, 3.05) is 25.4 Å². The molecule has 17 heavy (non-hydrogen) atoms. The van der Waals surface area contributed by atoms with Crippen LogP contribution in [0.5, 0.6) is 0 Å². The third kappa shape index (κ3) is 3.07. The molecule has 0 atom stereocenters. The van der Waals surface area contributed by atoms with Gasteiger partial charge in [0.2, 0.25) is 0 Å². The van der Waals surface area contributed by atoms with E-state index >= 15 is 0 Å². The van der Waals surface area contributed by atoms with Crippen LogP contribution in [0.4, 0.5) is 5.69 Å². The minimum Gasteiger partial charge on any atom is -0.398 e. The molecule has 0 amide bonds. The third-order valence-electron chi connectivity index (χ3n) is 3.42. The van der Waals surface area contributed by atoms with Gasteiger partial charge in [0.1, 0.15) is 0 Å². The first-order valence-corrected chi connectivity index (χ1v) is 6.28. The van der Waals surface area contributed by atoms with Crippen LogP contribution in [0.3, 0.4) is 0 Å². The molecule has 0 aromatic heterocycles. The van der Waals surface area contributed by atoms with Gasteiger partial charge >= 0.3 is 0 Å². The highest BCUT2D eigenvalue weighted by Gasteiger charge is 2.15. The van der Waals surface area contributed by atoms with Crippen molar-refractivity contribution in [2.24, 2.45) is 0 Å². The van der Waals surface area contributed by atoms with E-state index in [1.165, 1.54) is 19.3 Å². The van der Waals surface area contributed by atoms with Crippen molar-refractivity contribution in [1.29, 1.82) is 0 Å². The predicted molar refractivity (Wildman–Crippen MR) is 70.2 cm³/mol. The van der Waals surface area contributed by atoms with Crippen LogP contribution in [-0.2, 0) is 0 Å². The number of ketones is 1. The zero-order valence-electron chi connectivity index (χ0n) is 10.4. The molecule has 0 saturated carbocycles. The summed E-state index contributed by atoms with van der Waals surface area (Å²) in [7, 11) is 0. The SMILES string of the molecule is Cc1ccc(C(=O)CN2CCCCC2)cc1N. The normalized spacial score (nSPS) is 17.0. The second kappa shape index (κ2) is 5.32. The summed E-state index contributed by atoms with van der Waals surface area (Å²) in [6.45, 7) is 4.58. The maximum absolute atomic E-state index is 12.1. The second-order valence-electron chi connectivity index (χ2n) is 4.83. The minimum absolute atomic E-state index is 0.179. The van der Waals surface area contributed by atoms with Gasteiger partial charge in [-0.1, -0.05) is 18.6 Å². The fraction of sp³-hybridized carbons (Fsp3) is 0.500. The lowest BCUT2D eigenvalue weighted by molar-refractivity contribution is 0.0916. The van der Waals surface area contributed by atoms with E-state index in [1.807, 2.05) is 19.1 Å². The molecule has 1 aromatic rings. The summed E-state index contributed by atoms with van der Waals surface area (Å²) in [5.41, 5.74) is 8.29. The van der Waals surface area contributed by atoms with Gasteiger partial charge in [0.25, 0.3) is 0 Å². The number of carbonyl (C=O) groups is 1. The van der Waals surface area contributed by atoms with Crippen LogP contribution in [-0.4, -0.2) is 30.3 Å². The van der Waals surface area contributed by atoms with Crippen molar-refractivity contribution < 1.29 is 4.79 Å². The van der Waals surface area contributed by atoms with E-state index < -0.39 is 0 Å². The van der Waals surface area contributed by atoms with Gasteiger partial charge in [0.05, 0.1) is 6.54 Å². The molecule has 1 aromatic carbocycles. The minimum atomic E-state index is 0.179. The van der Waals surface area contributed by atoms with Gasteiger partial charge in [-0.15, -0.1) is 0 Å². The van der Waals surface area contributed by atoms with Crippen LogP contribution >= 0.6 is 0 Å². The van der Waals surface area contributed by atoms with Crippen LogP contribution in [0.25, 0.3) is 0 Å². The molecule has 0 bridgehead atoms. The van der Waals surface area contributed by atoms with E-state index in [9.17, 15) is 4.79 Å². The number of nitrogens with zero attached hydrogens (tertiary/aromatic N) is 1. The molecule has 1 heterocycles. The van der Waals surface area contributed by atoms with Crippen LogP contribution in [0, 0.1) is 6.92 Å². The molecule has 2 N–H and O–H groups in total. The number of nitrogens with two attached hydrogens (primary N) is 1. The molecule has 3 heteroatoms. The first-order chi connectivity index (χ1) is 8.16. The molecule has 0 aliphatic carbocycles. The zero-order valence-corrected chi connectivity index (χ0v) is 10.4. The topological polar surface area (TPSA) is 46.3 Å². The number of aryl methyl sites for hydroxylation is 1. The highest BCUT2D eigenvalue weighted by Crippen LogP contribution is 2.15. The summed E-state index contributed by atoms with van der Waals surface area (Å²) in [5, 5.41) is 0. The lowest BCUT2D eigenvalue weighted by Gasteiger charge is -2.25. The van der Waals surface area contributed by atoms with E-state index in [1.54, 1.807) is 6.07 Å². The fourth-order valence-electron chi connectivity index (χ4n) is 2.23. The summed E-state index contributed by atoms with van der Waals surface area (Å²) >= 11 is 0. The number of rotatable bonds is 3. The number of Topliss-reactive ketones (excluding diaryl/α,β-unsaturated/α-hetero) is 1. The van der Waals surface area contributed by atoms with Crippen LogP contribution in [0.15, 0.2) is 18.2 Å². The average molecular weight is 232 g/mol. The van der Waals surface area contributed by atoms with E-state index in [2.05, 4.69) is 4.90 Å². The number of anilines is 1. The maximum atomic E-state index is 12.1. The number of likely N-dealkylation sites (tertiary alicyclic amines) is 1. The quantitative estimate of drug-likeness (QED) is 0.642. The Morgan fingerprint density at radius 2 is 2.00 bits per heavy atom. The second-order valence-corrected chi connectivity index (χ2v) is 4.83. The van der Waals surface area contributed by atoms with Gasteiger partial charge in [-0.05, 0) is 44.5 Å². The van der Waals surface area contributed by atoms with E-state index in [4.69, 9.17) is 5.73 Å². The van der Waals surface area contributed by atoms with Crippen LogP contribution < -0.4 is 5.73 Å². The monoisotopic (exact) mass is 232 g/mol. The Bertz CT molecular complexity index is 409. The zero-order chi connectivity index (χ0) is 12.3. The van der Waals surface area contributed by atoms with Crippen molar-refractivity contribution in [2.45, 2.75) is 26.2 Å². The summed E-state index contributed by atoms with van der Waals surface area (Å²) < 4.78 is 0. The van der Waals surface area contributed by atoms with Gasteiger partial charge in [0, 0.05) is 11.3 Å². The van der Waals surface area contributed by atoms with Crippen molar-refractivity contribution in [3.05, 3.63) is 29.3 Å². The predicted octanol–water partition coefficient (Wildman–Crippen LogP) is 2.25. The van der Waals surface area contributed by atoms with Crippen LogP contribution in [0.2, 0.25) is 0 Å². The Balaban J connectivity index is 2.01. The largest absolute Gasteiger partial charge is 0.398 e. The number of carbonyl (C=O) groups excluding carboxylic acids is 1. The Labute approximate surface area is 103 Å². The molecule has 0 spiro atoms. The summed E-state index contributed by atoms with van der Waals surface area (Å²) in [5.74, 6) is 0.179. The molecule has 1 saturated heterocycles. The summed E-state index contributed by atoms with van der Waals surface area (Å²) in [4.78, 5) is 14.3. The molecule has 1 aliphatic rings. The van der Waals surface area contributed by atoms with Crippen molar-refractivity contribution >= 4 is 11.5 Å². The van der Waals surface area contributed by atoms with Gasteiger partial charge in [-0.25, -0.2) is 0 Å². The lowest BCUT2D eigenvalue weighted by Crippen LogP contribution is -2.34. The van der Waals surface area contributed by atoms with Crippen LogP contribution in [0.1, 0.15) is 35.2 Å². The van der Waals surface area contributed by atoms with Crippen molar-refractivity contribution in [3.63, 3.8) is 0 Å². The first-order valence-electron chi connectivity index (χ1n) is 6.28. The van der Waals surface area contributed by atoms with E-state index in [0.717, 1.165) is 24.2 Å². The molecule has 0 unspecified atom stereocenters. The first kappa shape index (κ1) is 12.1. The average Bonchev–Trinajstić information content (AvgIpc) is 2.34. The Morgan fingerprint density at radius 1 is 1.29 bits per heavy atom. The lowest BCUT2D eigenvalue weighted by atomic mass is 10.1.